The van der Waals surface area contributed by atoms with Crippen LogP contribution in [-0.2, 0) is 11.4 Å². The van der Waals surface area contributed by atoms with Crippen LogP contribution in [0, 0.1) is 5.92 Å². The highest BCUT2D eigenvalue weighted by atomic mass is 16.5. The molecule has 1 unspecified atom stereocenters. The Morgan fingerprint density at radius 3 is 2.84 bits per heavy atom. The maximum Gasteiger partial charge on any atom is 0.229 e. The minimum absolute atomic E-state index is 0.0450. The zero-order valence-corrected chi connectivity index (χ0v) is 14.0. The van der Waals surface area contributed by atoms with Crippen LogP contribution < -0.4 is 15.4 Å². The molecule has 25 heavy (non-hydrogen) atoms. The van der Waals surface area contributed by atoms with Crippen LogP contribution in [0.4, 0.5) is 5.69 Å². The Morgan fingerprint density at radius 2 is 2.12 bits per heavy atom. The number of ether oxygens (including phenoxy) is 1. The van der Waals surface area contributed by atoms with Crippen LogP contribution in [0.1, 0.15) is 43.3 Å². The number of piperidine rings is 1. The van der Waals surface area contributed by atoms with E-state index in [-0.39, 0.29) is 18.4 Å². The zero-order valence-electron chi connectivity index (χ0n) is 14.0. The summed E-state index contributed by atoms with van der Waals surface area (Å²) in [4.78, 5) is 16.5. The van der Waals surface area contributed by atoms with Gasteiger partial charge in [-0.15, -0.1) is 0 Å². The summed E-state index contributed by atoms with van der Waals surface area (Å²) in [6, 6.07) is 7.35. The summed E-state index contributed by atoms with van der Waals surface area (Å²) >= 11 is 0. The van der Waals surface area contributed by atoms with Crippen LogP contribution in [-0.4, -0.2) is 29.1 Å². The fourth-order valence-corrected chi connectivity index (χ4v) is 2.92. The van der Waals surface area contributed by atoms with Gasteiger partial charge in [-0.2, -0.15) is 4.98 Å². The van der Waals surface area contributed by atoms with Crippen molar-refractivity contribution in [3.8, 4) is 5.75 Å². The molecule has 1 aromatic heterocycles. The average molecular weight is 342 g/mol. The predicted octanol–water partition coefficient (Wildman–Crippen LogP) is 2.46. The number of nitrogens with one attached hydrogen (secondary N) is 2. The van der Waals surface area contributed by atoms with Gasteiger partial charge in [-0.3, -0.25) is 4.79 Å². The molecule has 1 aliphatic heterocycles. The number of rotatable bonds is 6. The fourth-order valence-electron chi connectivity index (χ4n) is 2.92. The lowest BCUT2D eigenvalue weighted by Crippen LogP contribution is -2.37. The van der Waals surface area contributed by atoms with Crippen LogP contribution >= 0.6 is 0 Å². The summed E-state index contributed by atoms with van der Waals surface area (Å²) in [5, 5.41) is 10.1. The highest BCUT2D eigenvalue weighted by molar-refractivity contribution is 5.92. The molecule has 1 aromatic carbocycles. The van der Waals surface area contributed by atoms with Gasteiger partial charge in [0.15, 0.2) is 6.61 Å². The molecule has 2 fully saturated rings. The Hall–Kier alpha value is -2.41. The second-order valence-corrected chi connectivity index (χ2v) is 6.67. The van der Waals surface area contributed by atoms with Crippen molar-refractivity contribution in [2.45, 2.75) is 38.2 Å². The minimum Gasteiger partial charge on any atom is -0.485 e. The molecule has 2 heterocycles. The number of hydrogen-bond acceptors (Lipinski definition) is 6. The van der Waals surface area contributed by atoms with Gasteiger partial charge >= 0.3 is 0 Å². The lowest BCUT2D eigenvalue weighted by atomic mass is 9.99. The van der Waals surface area contributed by atoms with Gasteiger partial charge in [-0.05, 0) is 56.5 Å². The van der Waals surface area contributed by atoms with E-state index >= 15 is 0 Å². The minimum atomic E-state index is 0.0450. The van der Waals surface area contributed by atoms with Crippen LogP contribution in [0.5, 0.6) is 5.75 Å². The highest BCUT2D eigenvalue weighted by Crippen LogP contribution is 2.38. The van der Waals surface area contributed by atoms with E-state index in [1.807, 2.05) is 24.3 Å². The number of amides is 1. The Morgan fingerprint density at radius 1 is 1.28 bits per heavy atom. The second-order valence-electron chi connectivity index (χ2n) is 6.67. The third-order valence-corrected chi connectivity index (χ3v) is 4.57. The standard InChI is InChI=1S/C18H22N4O3/c23-17(13-2-1-9-19-10-13)20-14-5-7-15(8-6-14)24-11-16-21-18(25-22-16)12-3-4-12/h5-8,12-13,19H,1-4,9-11H2,(H,20,23). The first kappa shape index (κ1) is 16.1. The third kappa shape index (κ3) is 4.17. The van der Waals surface area contributed by atoms with Crippen molar-refractivity contribution in [2.24, 2.45) is 5.92 Å². The van der Waals surface area contributed by atoms with Gasteiger partial charge in [0.05, 0.1) is 5.92 Å². The summed E-state index contributed by atoms with van der Waals surface area (Å²) in [7, 11) is 0. The average Bonchev–Trinajstić information content (AvgIpc) is 3.40. The number of nitrogens with zero attached hydrogens (tertiary/aromatic N) is 2. The van der Waals surface area contributed by atoms with E-state index in [1.165, 1.54) is 0 Å². The zero-order chi connectivity index (χ0) is 17.1. The first-order chi connectivity index (χ1) is 12.3. The monoisotopic (exact) mass is 342 g/mol. The molecule has 4 rings (SSSR count). The summed E-state index contributed by atoms with van der Waals surface area (Å²) in [6.07, 6.45) is 4.25. The summed E-state index contributed by atoms with van der Waals surface area (Å²) < 4.78 is 10.9. The highest BCUT2D eigenvalue weighted by Gasteiger charge is 2.29. The molecule has 0 radical (unpaired) electrons. The van der Waals surface area contributed by atoms with Crippen LogP contribution in [0.2, 0.25) is 0 Å². The van der Waals surface area contributed by atoms with Crippen molar-refractivity contribution in [3.63, 3.8) is 0 Å². The molecular formula is C18H22N4O3. The number of carbonyl (C=O) groups excluding carboxylic acids is 1. The van der Waals surface area contributed by atoms with Crippen LogP contribution in [0.15, 0.2) is 28.8 Å². The second kappa shape index (κ2) is 7.23. The molecule has 7 nitrogen and oxygen atoms in total. The maximum atomic E-state index is 12.2. The molecular weight excluding hydrogens is 320 g/mol. The molecule has 1 amide bonds. The van der Waals surface area contributed by atoms with Crippen molar-refractivity contribution in [1.82, 2.24) is 15.5 Å². The van der Waals surface area contributed by atoms with Gasteiger partial charge < -0.3 is 19.9 Å². The van der Waals surface area contributed by atoms with Crippen molar-refractivity contribution in [2.75, 3.05) is 18.4 Å². The fraction of sp³-hybridized carbons (Fsp3) is 0.500. The third-order valence-electron chi connectivity index (χ3n) is 4.57. The topological polar surface area (TPSA) is 89.3 Å². The van der Waals surface area contributed by atoms with E-state index in [4.69, 9.17) is 9.26 Å². The van der Waals surface area contributed by atoms with Crippen LogP contribution in [0.3, 0.4) is 0 Å². The quantitative estimate of drug-likeness (QED) is 0.838. The van der Waals surface area contributed by atoms with Gasteiger partial charge in [0.2, 0.25) is 17.6 Å². The van der Waals surface area contributed by atoms with E-state index < -0.39 is 0 Å². The van der Waals surface area contributed by atoms with Gasteiger partial charge in [0.1, 0.15) is 5.75 Å². The number of aromatic nitrogens is 2. The van der Waals surface area contributed by atoms with Crippen molar-refractivity contribution in [1.29, 1.82) is 0 Å². The van der Waals surface area contributed by atoms with E-state index in [2.05, 4.69) is 20.8 Å². The van der Waals surface area contributed by atoms with E-state index in [1.54, 1.807) is 0 Å². The Kier molecular flexibility index (Phi) is 4.65. The van der Waals surface area contributed by atoms with Gasteiger partial charge in [0.25, 0.3) is 0 Å². The lowest BCUT2D eigenvalue weighted by molar-refractivity contribution is -0.120. The van der Waals surface area contributed by atoms with Crippen LogP contribution in [0.25, 0.3) is 0 Å². The number of anilines is 1. The number of benzene rings is 1. The largest absolute Gasteiger partial charge is 0.485 e. The summed E-state index contributed by atoms with van der Waals surface area (Å²) in [5.41, 5.74) is 0.776. The predicted molar refractivity (Wildman–Crippen MR) is 91.3 cm³/mol. The molecule has 1 saturated carbocycles. The molecule has 2 aliphatic rings. The maximum absolute atomic E-state index is 12.2. The van der Waals surface area contributed by atoms with E-state index in [9.17, 15) is 4.79 Å². The van der Waals surface area contributed by atoms with Crippen molar-refractivity contribution < 1.29 is 14.1 Å². The summed E-state index contributed by atoms with van der Waals surface area (Å²) in [6.45, 7) is 2.02. The number of carbonyl (C=O) groups is 1. The smallest absolute Gasteiger partial charge is 0.229 e. The molecule has 1 aliphatic carbocycles. The van der Waals surface area contributed by atoms with E-state index in [0.29, 0.717) is 23.4 Å². The van der Waals surface area contributed by atoms with Crippen molar-refractivity contribution in [3.05, 3.63) is 36.0 Å². The van der Waals surface area contributed by atoms with E-state index in [0.717, 1.165) is 44.5 Å². The Balaban J connectivity index is 1.28. The van der Waals surface area contributed by atoms with Crippen molar-refractivity contribution >= 4 is 11.6 Å². The summed E-state index contributed by atoms with van der Waals surface area (Å²) in [5.74, 6) is 2.54. The first-order valence-electron chi connectivity index (χ1n) is 8.85. The van der Waals surface area contributed by atoms with Gasteiger partial charge in [-0.1, -0.05) is 5.16 Å². The van der Waals surface area contributed by atoms with Gasteiger partial charge in [0, 0.05) is 18.2 Å². The van der Waals surface area contributed by atoms with Gasteiger partial charge in [-0.25, -0.2) is 0 Å². The molecule has 0 bridgehead atoms. The molecule has 1 atom stereocenters. The number of hydrogen-bond donors (Lipinski definition) is 2. The Labute approximate surface area is 146 Å². The molecule has 2 N–H and O–H groups in total. The Bertz CT molecular complexity index is 718. The molecule has 132 valence electrons. The molecule has 1 saturated heterocycles. The first-order valence-corrected chi connectivity index (χ1v) is 8.85. The SMILES string of the molecule is O=C(Nc1ccc(OCc2noc(C3CC3)n2)cc1)C1CCCNC1. The molecule has 7 heteroatoms. The lowest BCUT2D eigenvalue weighted by Gasteiger charge is -2.21. The normalized spacial score (nSPS) is 20.2. The molecule has 2 aromatic rings. The molecule has 0 spiro atoms.